The van der Waals surface area contributed by atoms with E-state index in [9.17, 15) is 9.18 Å². The second-order valence-electron chi connectivity index (χ2n) is 7.32. The van der Waals surface area contributed by atoms with Crippen LogP contribution in [0.3, 0.4) is 0 Å². The molecule has 1 aliphatic heterocycles. The molecule has 150 valence electrons. The summed E-state index contributed by atoms with van der Waals surface area (Å²) in [6.07, 6.45) is 0. The second kappa shape index (κ2) is 9.20. The third kappa shape index (κ3) is 5.02. The number of thiophene rings is 1. The van der Waals surface area contributed by atoms with E-state index in [0.717, 1.165) is 36.6 Å². The van der Waals surface area contributed by atoms with Crippen LogP contribution in [0.2, 0.25) is 0 Å². The van der Waals surface area contributed by atoms with Gasteiger partial charge in [0, 0.05) is 10.6 Å². The fourth-order valence-electron chi connectivity index (χ4n) is 3.77. The van der Waals surface area contributed by atoms with Crippen LogP contribution in [-0.2, 0) is 4.79 Å². The highest BCUT2D eigenvalue weighted by Gasteiger charge is 2.24. The highest BCUT2D eigenvalue weighted by molar-refractivity contribution is 7.10. The molecule has 6 heteroatoms. The summed E-state index contributed by atoms with van der Waals surface area (Å²) in [7, 11) is 0. The van der Waals surface area contributed by atoms with Crippen LogP contribution in [0.1, 0.15) is 16.5 Å². The first-order valence-corrected chi connectivity index (χ1v) is 10.8. The van der Waals surface area contributed by atoms with E-state index in [1.54, 1.807) is 23.5 Å². The van der Waals surface area contributed by atoms with E-state index in [1.807, 2.05) is 23.6 Å². The maximum Gasteiger partial charge on any atom is 0.275 e. The van der Waals surface area contributed by atoms with Gasteiger partial charge in [0.25, 0.3) is 5.91 Å². The monoisotopic (exact) mass is 410 g/mol. The van der Waals surface area contributed by atoms with Crippen molar-refractivity contribution in [1.29, 1.82) is 0 Å². The van der Waals surface area contributed by atoms with Crippen molar-refractivity contribution < 1.29 is 14.1 Å². The van der Waals surface area contributed by atoms with Gasteiger partial charge in [0.05, 0.1) is 32.2 Å². The van der Waals surface area contributed by atoms with Gasteiger partial charge in [-0.3, -0.25) is 4.79 Å². The Bertz CT molecular complexity index is 907. The van der Waals surface area contributed by atoms with Gasteiger partial charge in [0.15, 0.2) is 6.54 Å². The molecule has 4 nitrogen and oxygen atoms in total. The van der Waals surface area contributed by atoms with Gasteiger partial charge in [-0.25, -0.2) is 4.39 Å². The maximum atomic E-state index is 13.3. The fourth-order valence-corrected chi connectivity index (χ4v) is 4.57. The van der Waals surface area contributed by atoms with Crippen molar-refractivity contribution in [2.75, 3.05) is 37.6 Å². The molecule has 1 aromatic heterocycles. The van der Waals surface area contributed by atoms with E-state index in [4.69, 9.17) is 0 Å². The zero-order valence-electron chi connectivity index (χ0n) is 16.2. The van der Waals surface area contributed by atoms with Gasteiger partial charge in [-0.05, 0) is 41.3 Å². The van der Waals surface area contributed by atoms with Crippen molar-refractivity contribution >= 4 is 22.9 Å². The summed E-state index contributed by atoms with van der Waals surface area (Å²) in [6.45, 7) is 4.20. The van der Waals surface area contributed by atoms with E-state index in [-0.39, 0.29) is 17.8 Å². The van der Waals surface area contributed by atoms with Crippen LogP contribution >= 0.6 is 11.3 Å². The Morgan fingerprint density at radius 3 is 2.41 bits per heavy atom. The Morgan fingerprint density at radius 1 is 1.03 bits per heavy atom. The number of amides is 1. The number of nitrogens with zero attached hydrogens (tertiary/aromatic N) is 1. The van der Waals surface area contributed by atoms with Crippen LogP contribution in [0.4, 0.5) is 10.1 Å². The molecule has 0 spiro atoms. The molecule has 2 aromatic carbocycles. The Balaban J connectivity index is 1.36. The first-order chi connectivity index (χ1) is 14.2. The lowest BCUT2D eigenvalue weighted by molar-refractivity contribution is -0.892. The van der Waals surface area contributed by atoms with Crippen LogP contribution in [0.5, 0.6) is 0 Å². The highest BCUT2D eigenvalue weighted by atomic mass is 32.1. The number of hydrogen-bond acceptors (Lipinski definition) is 3. The zero-order chi connectivity index (χ0) is 20.1. The molecule has 4 rings (SSSR count). The molecule has 0 radical (unpaired) electrons. The minimum atomic E-state index is -0.272. The standard InChI is InChI=1S/C23H24FN3OS/c24-19-10-8-18(9-11-19)23(21-7-4-16-29-21)25-22(28)17-26-12-14-27(15-13-26)20-5-2-1-3-6-20/h1-11,16,23H,12-15,17H2,(H,25,28)/p+1/t23-/m1/s1. The lowest BCUT2D eigenvalue weighted by Crippen LogP contribution is -3.16. The number of carbonyl (C=O) groups excluding carboxylic acids is 1. The van der Waals surface area contributed by atoms with Crippen molar-refractivity contribution in [3.05, 3.63) is 88.4 Å². The van der Waals surface area contributed by atoms with Crippen LogP contribution in [0, 0.1) is 5.82 Å². The van der Waals surface area contributed by atoms with Gasteiger partial charge in [-0.2, -0.15) is 0 Å². The van der Waals surface area contributed by atoms with Crippen molar-refractivity contribution in [1.82, 2.24) is 5.32 Å². The molecule has 1 amide bonds. The lowest BCUT2D eigenvalue weighted by Gasteiger charge is -2.33. The van der Waals surface area contributed by atoms with Gasteiger partial charge in [0.2, 0.25) is 0 Å². The average Bonchev–Trinajstić information content (AvgIpc) is 3.29. The Morgan fingerprint density at radius 2 is 1.76 bits per heavy atom. The van der Waals surface area contributed by atoms with Crippen LogP contribution < -0.4 is 15.1 Å². The summed E-state index contributed by atoms with van der Waals surface area (Å²) in [6, 6.07) is 20.5. The first-order valence-electron chi connectivity index (χ1n) is 9.91. The molecule has 2 heterocycles. The number of piperazine rings is 1. The molecule has 0 bridgehead atoms. The number of rotatable bonds is 6. The van der Waals surface area contributed by atoms with Crippen molar-refractivity contribution in [3.63, 3.8) is 0 Å². The number of benzene rings is 2. The average molecular weight is 411 g/mol. The predicted octanol–water partition coefficient (Wildman–Crippen LogP) is 2.50. The van der Waals surface area contributed by atoms with E-state index < -0.39 is 0 Å². The van der Waals surface area contributed by atoms with Crippen LogP contribution in [0.25, 0.3) is 0 Å². The number of nitrogens with one attached hydrogen (secondary N) is 2. The van der Waals surface area contributed by atoms with Gasteiger partial charge in [-0.1, -0.05) is 36.4 Å². The molecular weight excluding hydrogens is 385 g/mol. The van der Waals surface area contributed by atoms with Gasteiger partial charge >= 0.3 is 0 Å². The van der Waals surface area contributed by atoms with Crippen molar-refractivity contribution in [3.8, 4) is 0 Å². The molecule has 3 aromatic rings. The summed E-state index contributed by atoms with van der Waals surface area (Å²) in [5, 5.41) is 5.15. The summed E-state index contributed by atoms with van der Waals surface area (Å²) < 4.78 is 13.3. The van der Waals surface area contributed by atoms with Gasteiger partial charge in [-0.15, -0.1) is 11.3 Å². The molecule has 1 aliphatic rings. The summed E-state index contributed by atoms with van der Waals surface area (Å²) in [5.41, 5.74) is 2.14. The van der Waals surface area contributed by atoms with Crippen LogP contribution in [-0.4, -0.2) is 38.6 Å². The number of hydrogen-bond donors (Lipinski definition) is 2. The fraction of sp³-hybridized carbons (Fsp3) is 0.261. The smallest absolute Gasteiger partial charge is 0.275 e. The molecule has 0 unspecified atom stereocenters. The number of quaternary nitrogens is 1. The van der Waals surface area contributed by atoms with E-state index in [0.29, 0.717) is 6.54 Å². The Labute approximate surface area is 174 Å². The molecule has 1 atom stereocenters. The maximum absolute atomic E-state index is 13.3. The normalized spacial score (nSPS) is 15.8. The first kappa shape index (κ1) is 19.6. The molecule has 1 saturated heterocycles. The third-order valence-electron chi connectivity index (χ3n) is 5.34. The summed E-state index contributed by atoms with van der Waals surface area (Å²) in [5.74, 6) is -0.248. The minimum absolute atomic E-state index is 0.0240. The molecule has 2 N–H and O–H groups in total. The molecule has 29 heavy (non-hydrogen) atoms. The van der Waals surface area contributed by atoms with E-state index in [1.165, 1.54) is 22.7 Å². The minimum Gasteiger partial charge on any atom is -0.360 e. The molecule has 0 aliphatic carbocycles. The van der Waals surface area contributed by atoms with E-state index in [2.05, 4.69) is 34.5 Å². The molecule has 0 saturated carbocycles. The van der Waals surface area contributed by atoms with Crippen molar-refractivity contribution in [2.45, 2.75) is 6.04 Å². The largest absolute Gasteiger partial charge is 0.360 e. The van der Waals surface area contributed by atoms with E-state index >= 15 is 0 Å². The highest BCUT2D eigenvalue weighted by Crippen LogP contribution is 2.26. The van der Waals surface area contributed by atoms with Crippen LogP contribution in [0.15, 0.2) is 72.1 Å². The zero-order valence-corrected chi connectivity index (χ0v) is 17.0. The lowest BCUT2D eigenvalue weighted by atomic mass is 10.1. The number of carbonyl (C=O) groups is 1. The Hall–Kier alpha value is -2.70. The quantitative estimate of drug-likeness (QED) is 0.655. The predicted molar refractivity (Wildman–Crippen MR) is 115 cm³/mol. The number of halogens is 1. The second-order valence-corrected chi connectivity index (χ2v) is 8.30. The Kier molecular flexibility index (Phi) is 6.22. The number of anilines is 1. The van der Waals surface area contributed by atoms with Gasteiger partial charge in [0.1, 0.15) is 5.82 Å². The topological polar surface area (TPSA) is 36.8 Å². The molecular formula is C23H25FN3OS+. The SMILES string of the molecule is O=C(C[NH+]1CCN(c2ccccc2)CC1)N[C@H](c1ccc(F)cc1)c1cccs1. The van der Waals surface area contributed by atoms with Crippen molar-refractivity contribution in [2.24, 2.45) is 0 Å². The third-order valence-corrected chi connectivity index (χ3v) is 6.28. The summed E-state index contributed by atoms with van der Waals surface area (Å²) in [4.78, 5) is 17.5. The van der Waals surface area contributed by atoms with Gasteiger partial charge < -0.3 is 15.1 Å². The number of para-hydroxylation sites is 1. The molecule has 1 fully saturated rings. The summed E-state index contributed by atoms with van der Waals surface area (Å²) >= 11 is 1.59.